The molecule has 0 amide bonds. The molecule has 0 aliphatic heterocycles. The van der Waals surface area contributed by atoms with Crippen LogP contribution in [0, 0.1) is 0 Å². The van der Waals surface area contributed by atoms with Crippen molar-refractivity contribution in [3.8, 4) is 0 Å². The highest BCUT2D eigenvalue weighted by atomic mass is 14.8. The topological polar surface area (TPSA) is 38.0 Å². The Morgan fingerprint density at radius 1 is 1.50 bits per heavy atom. The molecule has 0 aliphatic carbocycles. The van der Waals surface area contributed by atoms with Gasteiger partial charge in [0.1, 0.15) is 0 Å². The lowest BCUT2D eigenvalue weighted by atomic mass is 10.3. The maximum absolute atomic E-state index is 5.31. The van der Waals surface area contributed by atoms with E-state index in [2.05, 4.69) is 18.3 Å². The Morgan fingerprint density at radius 2 is 2.30 bits per heavy atom. The number of hydrogen-bond acceptors (Lipinski definition) is 2. The third-order valence-corrected chi connectivity index (χ3v) is 1.22. The van der Waals surface area contributed by atoms with E-state index in [0.717, 1.165) is 25.9 Å². The molecule has 0 rings (SSSR count). The van der Waals surface area contributed by atoms with E-state index in [1.54, 1.807) is 0 Å². The second-order valence-electron chi connectivity index (χ2n) is 2.29. The van der Waals surface area contributed by atoms with Crippen LogP contribution >= 0.6 is 0 Å². The van der Waals surface area contributed by atoms with E-state index in [0.29, 0.717) is 0 Å². The maximum atomic E-state index is 5.31. The number of rotatable bonds is 6. The summed E-state index contributed by atoms with van der Waals surface area (Å²) in [5, 5.41) is 3.16. The van der Waals surface area contributed by atoms with Gasteiger partial charge in [-0.2, -0.15) is 0 Å². The molecule has 2 heteroatoms. The molecule has 3 N–H and O–H groups in total. The van der Waals surface area contributed by atoms with Gasteiger partial charge in [0.05, 0.1) is 0 Å². The minimum Gasteiger partial charge on any atom is -0.391 e. The van der Waals surface area contributed by atoms with E-state index < -0.39 is 0 Å². The summed E-state index contributed by atoms with van der Waals surface area (Å²) < 4.78 is 0. The Bertz CT molecular complexity index is 79.3. The van der Waals surface area contributed by atoms with Crippen molar-refractivity contribution in [3.63, 3.8) is 0 Å². The predicted octanol–water partition coefficient (Wildman–Crippen LogP) is 1.24. The van der Waals surface area contributed by atoms with Crippen LogP contribution in [0.5, 0.6) is 0 Å². The molecule has 0 aromatic carbocycles. The minimum absolute atomic E-state index is 0.772. The van der Waals surface area contributed by atoms with Crippen LogP contribution in [-0.2, 0) is 0 Å². The van der Waals surface area contributed by atoms with Gasteiger partial charge in [0, 0.05) is 6.54 Å². The Hall–Kier alpha value is -0.500. The molecule has 0 aromatic rings. The smallest absolute Gasteiger partial charge is 0.0153 e. The number of hydrogen-bond donors (Lipinski definition) is 2. The molecule has 0 bridgehead atoms. The molecule has 0 spiro atoms. The van der Waals surface area contributed by atoms with Crippen LogP contribution in [0.4, 0.5) is 0 Å². The third kappa shape index (κ3) is 7.50. The van der Waals surface area contributed by atoms with Gasteiger partial charge in [0.15, 0.2) is 0 Å². The number of nitrogens with two attached hydrogens (primary N) is 1. The van der Waals surface area contributed by atoms with Crippen molar-refractivity contribution in [2.24, 2.45) is 5.73 Å². The van der Waals surface area contributed by atoms with Gasteiger partial charge in [-0.05, 0) is 25.6 Å². The summed E-state index contributed by atoms with van der Waals surface area (Å²) in [5.41, 5.74) is 5.31. The molecule has 0 unspecified atom stereocenters. The molecular formula is C8H18N2. The first-order chi connectivity index (χ1) is 4.91. The molecule has 60 valence electrons. The third-order valence-electron chi connectivity index (χ3n) is 1.22. The first-order valence-corrected chi connectivity index (χ1v) is 4.00. The first kappa shape index (κ1) is 9.50. The van der Waals surface area contributed by atoms with Crippen LogP contribution < -0.4 is 11.1 Å². The normalized spacial score (nSPS) is 10.6. The lowest BCUT2D eigenvalue weighted by Crippen LogP contribution is -2.11. The zero-order chi connectivity index (χ0) is 7.66. The van der Waals surface area contributed by atoms with Gasteiger partial charge in [-0.3, -0.25) is 0 Å². The molecule has 0 saturated carbocycles. The van der Waals surface area contributed by atoms with Crippen LogP contribution in [0.15, 0.2) is 12.3 Å². The minimum atomic E-state index is 0.772. The van der Waals surface area contributed by atoms with Gasteiger partial charge in [-0.1, -0.05) is 19.4 Å². The van der Waals surface area contributed by atoms with Crippen molar-refractivity contribution in [1.29, 1.82) is 0 Å². The van der Waals surface area contributed by atoms with E-state index in [1.807, 2.05) is 6.20 Å². The summed E-state index contributed by atoms with van der Waals surface area (Å²) in [6.07, 6.45) is 7.59. The molecule has 0 heterocycles. The first-order valence-electron chi connectivity index (χ1n) is 4.00. The Labute approximate surface area is 63.5 Å². The molecule has 0 aliphatic rings. The fraction of sp³-hybridized carbons (Fsp3) is 0.750. The number of allylic oxidation sites excluding steroid dienone is 1. The van der Waals surface area contributed by atoms with Crippen molar-refractivity contribution in [1.82, 2.24) is 5.32 Å². The van der Waals surface area contributed by atoms with E-state index in [4.69, 9.17) is 5.73 Å². The SMILES string of the molecule is CCC/C=C/NCCCN. The summed E-state index contributed by atoms with van der Waals surface area (Å²) in [6, 6.07) is 0. The lowest BCUT2D eigenvalue weighted by molar-refractivity contribution is 0.758. The summed E-state index contributed by atoms with van der Waals surface area (Å²) in [6.45, 7) is 3.94. The molecular weight excluding hydrogens is 124 g/mol. The molecule has 2 nitrogen and oxygen atoms in total. The van der Waals surface area contributed by atoms with Crippen LogP contribution in [-0.4, -0.2) is 13.1 Å². The second kappa shape index (κ2) is 8.50. The fourth-order valence-electron chi connectivity index (χ4n) is 0.621. The van der Waals surface area contributed by atoms with Gasteiger partial charge in [-0.15, -0.1) is 0 Å². The largest absolute Gasteiger partial charge is 0.391 e. The highest BCUT2D eigenvalue weighted by molar-refractivity contribution is 4.78. The standard InChI is InChI=1S/C8H18N2/c1-2-3-4-7-10-8-5-6-9/h4,7,10H,2-3,5-6,8-9H2,1H3/b7-4+. The Balaban J connectivity index is 2.88. The van der Waals surface area contributed by atoms with E-state index in [1.165, 1.54) is 6.42 Å². The zero-order valence-corrected chi connectivity index (χ0v) is 6.77. The predicted molar refractivity (Wildman–Crippen MR) is 45.7 cm³/mol. The Kier molecular flexibility index (Phi) is 8.07. The molecule has 0 aromatic heterocycles. The van der Waals surface area contributed by atoms with E-state index >= 15 is 0 Å². The van der Waals surface area contributed by atoms with Crippen molar-refractivity contribution in [2.75, 3.05) is 13.1 Å². The molecule has 0 fully saturated rings. The van der Waals surface area contributed by atoms with Gasteiger partial charge in [0.25, 0.3) is 0 Å². The van der Waals surface area contributed by atoms with E-state index in [9.17, 15) is 0 Å². The summed E-state index contributed by atoms with van der Waals surface area (Å²) in [4.78, 5) is 0. The van der Waals surface area contributed by atoms with Crippen molar-refractivity contribution in [2.45, 2.75) is 26.2 Å². The van der Waals surface area contributed by atoms with Crippen LogP contribution in [0.3, 0.4) is 0 Å². The number of unbranched alkanes of at least 4 members (excludes halogenated alkanes) is 1. The monoisotopic (exact) mass is 142 g/mol. The van der Waals surface area contributed by atoms with Crippen molar-refractivity contribution >= 4 is 0 Å². The highest BCUT2D eigenvalue weighted by Crippen LogP contribution is 1.85. The fourth-order valence-corrected chi connectivity index (χ4v) is 0.621. The second-order valence-corrected chi connectivity index (χ2v) is 2.29. The summed E-state index contributed by atoms with van der Waals surface area (Å²) in [7, 11) is 0. The molecule has 0 atom stereocenters. The van der Waals surface area contributed by atoms with E-state index in [-0.39, 0.29) is 0 Å². The van der Waals surface area contributed by atoms with Gasteiger partial charge in [-0.25, -0.2) is 0 Å². The van der Waals surface area contributed by atoms with Crippen LogP contribution in [0.1, 0.15) is 26.2 Å². The molecule has 10 heavy (non-hydrogen) atoms. The Morgan fingerprint density at radius 3 is 2.90 bits per heavy atom. The van der Waals surface area contributed by atoms with Gasteiger partial charge < -0.3 is 11.1 Å². The van der Waals surface area contributed by atoms with Gasteiger partial charge in [0.2, 0.25) is 0 Å². The highest BCUT2D eigenvalue weighted by Gasteiger charge is 1.77. The van der Waals surface area contributed by atoms with Crippen LogP contribution in [0.2, 0.25) is 0 Å². The lowest BCUT2D eigenvalue weighted by Gasteiger charge is -1.96. The summed E-state index contributed by atoms with van der Waals surface area (Å²) >= 11 is 0. The molecule has 0 radical (unpaired) electrons. The quantitative estimate of drug-likeness (QED) is 0.547. The summed E-state index contributed by atoms with van der Waals surface area (Å²) in [5.74, 6) is 0. The van der Waals surface area contributed by atoms with Gasteiger partial charge >= 0.3 is 0 Å². The average molecular weight is 142 g/mol. The average Bonchev–Trinajstić information content (AvgIpc) is 1.97. The molecule has 0 saturated heterocycles. The van der Waals surface area contributed by atoms with Crippen molar-refractivity contribution in [3.05, 3.63) is 12.3 Å². The maximum Gasteiger partial charge on any atom is 0.0153 e. The van der Waals surface area contributed by atoms with Crippen LogP contribution in [0.25, 0.3) is 0 Å². The zero-order valence-electron chi connectivity index (χ0n) is 6.77. The number of nitrogens with one attached hydrogen (secondary N) is 1. The van der Waals surface area contributed by atoms with Crippen molar-refractivity contribution < 1.29 is 0 Å².